The molecule has 0 bridgehead atoms. The van der Waals surface area contributed by atoms with Gasteiger partial charge < -0.3 is 0 Å². The molecule has 1 aromatic carbocycles. The van der Waals surface area contributed by atoms with E-state index in [1.165, 1.54) is 27.8 Å². The molecule has 0 nitrogen and oxygen atoms in total. The Kier molecular flexibility index (Phi) is 6.00. The highest BCUT2D eigenvalue weighted by molar-refractivity contribution is 5.42. The van der Waals surface area contributed by atoms with Crippen LogP contribution >= 0.6 is 0 Å². The van der Waals surface area contributed by atoms with Crippen LogP contribution in [-0.4, -0.2) is 0 Å². The molecule has 0 spiro atoms. The van der Waals surface area contributed by atoms with Crippen LogP contribution < -0.4 is 0 Å². The highest BCUT2D eigenvalue weighted by Gasteiger charge is 2.18. The second kappa shape index (κ2) is 7.98. The summed E-state index contributed by atoms with van der Waals surface area (Å²) in [5, 5.41) is 0. The zero-order valence-corrected chi connectivity index (χ0v) is 14.4. The molecule has 0 aliphatic heterocycles. The Bertz CT molecular complexity index is 623. The lowest BCUT2D eigenvalue weighted by atomic mass is 9.80. The number of allylic oxidation sites excluding steroid dienone is 8. The smallest absolute Gasteiger partial charge is 0.00885 e. The quantitative estimate of drug-likeness (QED) is 0.532. The van der Waals surface area contributed by atoms with Gasteiger partial charge in [0.2, 0.25) is 0 Å². The number of hydrogen-bond acceptors (Lipinski definition) is 0. The van der Waals surface area contributed by atoms with Gasteiger partial charge in [-0.1, -0.05) is 72.7 Å². The Balaban J connectivity index is 2.17. The Labute approximate surface area is 136 Å². The van der Waals surface area contributed by atoms with Gasteiger partial charge in [0.25, 0.3) is 0 Å². The van der Waals surface area contributed by atoms with Crippen LogP contribution in [0.3, 0.4) is 0 Å². The van der Waals surface area contributed by atoms with E-state index in [0.29, 0.717) is 5.92 Å². The van der Waals surface area contributed by atoms with E-state index < -0.39 is 0 Å². The summed E-state index contributed by atoms with van der Waals surface area (Å²) in [4.78, 5) is 0. The molecule has 0 heteroatoms. The average Bonchev–Trinajstić information content (AvgIpc) is 2.50. The van der Waals surface area contributed by atoms with Gasteiger partial charge in [-0.25, -0.2) is 0 Å². The van der Waals surface area contributed by atoms with E-state index in [1.54, 1.807) is 0 Å². The first-order valence-electron chi connectivity index (χ1n) is 8.38. The maximum absolute atomic E-state index is 2.34. The largest absolute Gasteiger partial charge is 0.0833 e. The second-order valence-electron chi connectivity index (χ2n) is 6.22. The monoisotopic (exact) mass is 292 g/mol. The van der Waals surface area contributed by atoms with Crippen LogP contribution in [0.2, 0.25) is 0 Å². The van der Waals surface area contributed by atoms with E-state index in [2.05, 4.69) is 82.3 Å². The van der Waals surface area contributed by atoms with E-state index in [9.17, 15) is 0 Å². The average molecular weight is 292 g/mol. The standard InChI is InChI=1S/C22H28/c1-5-10-17(2)11-8-13-20-14-9-16-22(19(20)4)21-15-7-6-12-18(21)3/h6-12,14-15,22H,5,13,16H2,1-4H3/b11-8-,17-10-. The lowest BCUT2D eigenvalue weighted by molar-refractivity contribution is 0.774. The highest BCUT2D eigenvalue weighted by Crippen LogP contribution is 2.36. The predicted octanol–water partition coefficient (Wildman–Crippen LogP) is 6.66. The second-order valence-corrected chi connectivity index (χ2v) is 6.22. The van der Waals surface area contributed by atoms with Gasteiger partial charge in [-0.3, -0.25) is 0 Å². The van der Waals surface area contributed by atoms with Crippen molar-refractivity contribution < 1.29 is 0 Å². The van der Waals surface area contributed by atoms with Crippen molar-refractivity contribution in [1.82, 2.24) is 0 Å². The lowest BCUT2D eigenvalue weighted by Crippen LogP contribution is -2.07. The van der Waals surface area contributed by atoms with Crippen molar-refractivity contribution >= 4 is 0 Å². The minimum absolute atomic E-state index is 0.543. The fraction of sp³-hybridized carbons (Fsp3) is 0.364. The van der Waals surface area contributed by atoms with Gasteiger partial charge in [0.05, 0.1) is 0 Å². The minimum Gasteiger partial charge on any atom is -0.0833 e. The molecule has 1 aromatic rings. The first kappa shape index (κ1) is 16.5. The summed E-state index contributed by atoms with van der Waals surface area (Å²) in [7, 11) is 0. The molecule has 0 fully saturated rings. The third kappa shape index (κ3) is 4.10. The van der Waals surface area contributed by atoms with Crippen molar-refractivity contribution in [3.05, 3.63) is 82.5 Å². The van der Waals surface area contributed by atoms with Crippen molar-refractivity contribution in [3.8, 4) is 0 Å². The Morgan fingerprint density at radius 2 is 2.00 bits per heavy atom. The highest BCUT2D eigenvalue weighted by atomic mass is 14.2. The van der Waals surface area contributed by atoms with E-state index in [1.807, 2.05) is 0 Å². The minimum atomic E-state index is 0.543. The van der Waals surface area contributed by atoms with Crippen LogP contribution in [0.25, 0.3) is 0 Å². The first-order chi connectivity index (χ1) is 10.6. The molecule has 1 atom stereocenters. The van der Waals surface area contributed by atoms with Crippen LogP contribution in [0.5, 0.6) is 0 Å². The molecule has 1 aliphatic carbocycles. The lowest BCUT2D eigenvalue weighted by Gasteiger charge is -2.24. The zero-order valence-electron chi connectivity index (χ0n) is 14.4. The van der Waals surface area contributed by atoms with E-state index >= 15 is 0 Å². The molecule has 0 heterocycles. The molecule has 116 valence electrons. The van der Waals surface area contributed by atoms with Crippen molar-refractivity contribution in [3.63, 3.8) is 0 Å². The molecule has 2 rings (SSSR count). The van der Waals surface area contributed by atoms with Gasteiger partial charge in [-0.05, 0) is 56.7 Å². The summed E-state index contributed by atoms with van der Waals surface area (Å²) < 4.78 is 0. The first-order valence-corrected chi connectivity index (χ1v) is 8.38. The summed E-state index contributed by atoms with van der Waals surface area (Å²) in [5.41, 5.74) is 7.24. The van der Waals surface area contributed by atoms with Gasteiger partial charge in [-0.15, -0.1) is 0 Å². The molecule has 0 amide bonds. The Hall–Kier alpha value is -1.82. The van der Waals surface area contributed by atoms with Crippen LogP contribution in [0.1, 0.15) is 57.1 Å². The molecule has 0 radical (unpaired) electrons. The molecule has 0 saturated carbocycles. The topological polar surface area (TPSA) is 0 Å². The Morgan fingerprint density at radius 1 is 1.23 bits per heavy atom. The van der Waals surface area contributed by atoms with E-state index in [0.717, 1.165) is 19.3 Å². The van der Waals surface area contributed by atoms with Crippen LogP contribution in [-0.2, 0) is 0 Å². The maximum Gasteiger partial charge on any atom is 0.00885 e. The normalized spacial score (nSPS) is 19.3. The third-order valence-corrected chi connectivity index (χ3v) is 4.53. The number of rotatable bonds is 5. The van der Waals surface area contributed by atoms with Crippen molar-refractivity contribution in [2.75, 3.05) is 0 Å². The van der Waals surface area contributed by atoms with Gasteiger partial charge in [0.1, 0.15) is 0 Å². The van der Waals surface area contributed by atoms with E-state index in [4.69, 9.17) is 0 Å². The van der Waals surface area contributed by atoms with Crippen molar-refractivity contribution in [1.29, 1.82) is 0 Å². The molecular weight excluding hydrogens is 264 g/mol. The van der Waals surface area contributed by atoms with Gasteiger partial charge in [0, 0.05) is 5.92 Å². The number of benzene rings is 1. The molecule has 1 aliphatic rings. The molecule has 1 unspecified atom stereocenters. The van der Waals surface area contributed by atoms with Gasteiger partial charge >= 0.3 is 0 Å². The SMILES string of the molecule is CC/C=C(C)\C=C/CC1=C(C)C(c2ccccc2C)CC=C1. The zero-order chi connectivity index (χ0) is 15.9. The van der Waals surface area contributed by atoms with Crippen LogP contribution in [0.15, 0.2) is 71.4 Å². The summed E-state index contributed by atoms with van der Waals surface area (Å²) in [5.74, 6) is 0.543. The van der Waals surface area contributed by atoms with Crippen LogP contribution in [0, 0.1) is 6.92 Å². The van der Waals surface area contributed by atoms with Crippen LogP contribution in [0.4, 0.5) is 0 Å². The fourth-order valence-electron chi connectivity index (χ4n) is 3.21. The van der Waals surface area contributed by atoms with Crippen molar-refractivity contribution in [2.45, 2.75) is 52.9 Å². The van der Waals surface area contributed by atoms with E-state index in [-0.39, 0.29) is 0 Å². The summed E-state index contributed by atoms with van der Waals surface area (Å²) >= 11 is 0. The molecule has 22 heavy (non-hydrogen) atoms. The maximum atomic E-state index is 2.34. The fourth-order valence-corrected chi connectivity index (χ4v) is 3.21. The van der Waals surface area contributed by atoms with Gasteiger partial charge in [-0.2, -0.15) is 0 Å². The Morgan fingerprint density at radius 3 is 2.73 bits per heavy atom. The van der Waals surface area contributed by atoms with Crippen molar-refractivity contribution in [2.24, 2.45) is 0 Å². The molecule has 0 N–H and O–H groups in total. The summed E-state index contributed by atoms with van der Waals surface area (Å²) in [6, 6.07) is 8.79. The summed E-state index contributed by atoms with van der Waals surface area (Å²) in [6.07, 6.45) is 14.7. The third-order valence-electron chi connectivity index (χ3n) is 4.53. The molecular formula is C22H28. The van der Waals surface area contributed by atoms with Gasteiger partial charge in [0.15, 0.2) is 0 Å². The molecule has 0 aromatic heterocycles. The molecule has 0 saturated heterocycles. The number of hydrogen-bond donors (Lipinski definition) is 0. The predicted molar refractivity (Wildman–Crippen MR) is 98.2 cm³/mol. The summed E-state index contributed by atoms with van der Waals surface area (Å²) in [6.45, 7) is 8.88. The number of aryl methyl sites for hydroxylation is 1.